The average molecular weight is 1850 g/mol. The van der Waals surface area contributed by atoms with Crippen molar-refractivity contribution in [1.82, 2.24) is 84.0 Å². The number of aliphatic hydroxyl groups excluding tert-OH is 2. The molecule has 3 saturated carbocycles. The summed E-state index contributed by atoms with van der Waals surface area (Å²) in [7, 11) is 0. The first-order chi connectivity index (χ1) is 61.9. The summed E-state index contributed by atoms with van der Waals surface area (Å²) in [6.45, 7) is 7.38. The number of guanidine groups is 3. The highest BCUT2D eigenvalue weighted by Gasteiger charge is 2.44. The number of H-pyrrole nitrogens is 1. The van der Waals surface area contributed by atoms with Crippen LogP contribution in [0, 0.1) is 23.7 Å². The highest BCUT2D eigenvalue weighted by Crippen LogP contribution is 2.31. The van der Waals surface area contributed by atoms with Gasteiger partial charge in [-0.3, -0.25) is 96.5 Å². The molecule has 47 nitrogen and oxygen atoms in total. The first-order valence-electron chi connectivity index (χ1n) is 45.5. The van der Waals surface area contributed by atoms with Crippen LogP contribution in [0.1, 0.15) is 240 Å². The summed E-state index contributed by atoms with van der Waals surface area (Å²) in [6, 6.07) is -19.4. The molecule has 4 aliphatic rings. The molecule has 131 heavy (non-hydrogen) atoms. The van der Waals surface area contributed by atoms with Gasteiger partial charge in [0.05, 0.1) is 25.5 Å². The maximum absolute atomic E-state index is 15.3. The van der Waals surface area contributed by atoms with Crippen LogP contribution < -0.4 is 121 Å². The summed E-state index contributed by atoms with van der Waals surface area (Å²) in [4.78, 5) is 260. The summed E-state index contributed by atoms with van der Waals surface area (Å²) in [5.41, 5.74) is 48.8. The molecule has 4 fully saturated rings. The van der Waals surface area contributed by atoms with E-state index in [-0.39, 0.29) is 139 Å². The quantitative estimate of drug-likeness (QED) is 0.0164. The Morgan fingerprint density at radius 1 is 0.458 bits per heavy atom. The van der Waals surface area contributed by atoms with Crippen molar-refractivity contribution >= 4 is 118 Å². The summed E-state index contributed by atoms with van der Waals surface area (Å²) in [6.07, 6.45) is 11.4. The van der Waals surface area contributed by atoms with Crippen molar-refractivity contribution in [2.45, 2.75) is 331 Å². The van der Waals surface area contributed by atoms with Gasteiger partial charge in [0.15, 0.2) is 17.9 Å². The van der Waals surface area contributed by atoms with E-state index in [0.29, 0.717) is 37.8 Å². The van der Waals surface area contributed by atoms with E-state index in [1.54, 1.807) is 13.8 Å². The number of primary amides is 3. The minimum absolute atomic E-state index is 0.00753. The number of carbonyl (C=O) groups excluding carboxylic acids is 17. The van der Waals surface area contributed by atoms with Crippen molar-refractivity contribution in [2.24, 2.45) is 90.3 Å². The molecule has 0 aromatic carbocycles. The number of likely N-dealkylation sites (tertiary alicyclic amines) is 1. The van der Waals surface area contributed by atoms with Crippen LogP contribution >= 0.6 is 0 Å². The standard InChI is InChI=1S/C84H144N28O19/c1-45(2)36-57(76(127)111-84(5,6)80(131)110-66(46(3)114)78(129)103-54(28-18-34-97-83(92)93)68(119)101-55(30-31-64(85)116)71(122)100-52(26-16-32-95-81(88)89)69(120)104-56(67(87)118)37-48-20-10-7-11-21-48)105-75(126)61(41-65(86)117)109-73(124)59(39-50-24-14-9-15-25-50)106-72(123)58(38-49-22-12-8-13-23-49)107-74(125)60(40-51-42-94-44-98-51)108-70(121)53(27-17-33-96-82(90)91)102-77(128)63-29-19-35-112(63)79(130)62(43-113)99-47(4)115/h42,44-46,48-50,52-63,66,113-114H,7-41,43H2,1-6H3,(H2,85,116)(H2,86,117)(H2,87,118)(H,94,98)(H,99,115)(H,100,122)(H,101,119)(H,102,128)(H,103,129)(H,104,120)(H,105,126)(H,106,123)(H,107,125)(H,108,121)(H,109,124)(H,110,131)(H,111,127)(H4,88,89,95)(H4,90,91,96)(H4,92,93,97)/t46-,52+,53+,54+,55+,56+,57+,58+,59+,60+,61+,62+,63-,66+/m1/s1. The molecule has 2 heterocycles. The summed E-state index contributed by atoms with van der Waals surface area (Å²) in [5.74, 6) is -17.1. The topological polar surface area (TPSA) is 790 Å². The van der Waals surface area contributed by atoms with Crippen LogP contribution in [0.25, 0.3) is 0 Å². The molecule has 0 radical (unpaired) electrons. The van der Waals surface area contributed by atoms with Crippen LogP contribution in [0.3, 0.4) is 0 Å². The molecule has 47 heteroatoms. The Bertz CT molecular complexity index is 4080. The maximum atomic E-state index is 15.3. The van der Waals surface area contributed by atoms with Gasteiger partial charge in [-0.25, -0.2) is 4.98 Å². The zero-order chi connectivity index (χ0) is 97.2. The lowest BCUT2D eigenvalue weighted by molar-refractivity contribution is -0.143. The van der Waals surface area contributed by atoms with E-state index in [1.165, 1.54) is 31.3 Å². The number of aliphatic imine (C=N–C) groups is 3. The third-order valence-electron chi connectivity index (χ3n) is 23.6. The van der Waals surface area contributed by atoms with Gasteiger partial charge in [-0.1, -0.05) is 110 Å². The fraction of sp³-hybridized carbons (Fsp3) is 0.726. The summed E-state index contributed by atoms with van der Waals surface area (Å²) < 4.78 is 0. The highest BCUT2D eigenvalue weighted by molar-refractivity contribution is 6.02. The van der Waals surface area contributed by atoms with Gasteiger partial charge in [0, 0.05) is 57.8 Å². The van der Waals surface area contributed by atoms with Gasteiger partial charge in [0.2, 0.25) is 100 Å². The number of aliphatic hydroxyl groups is 2. The molecule has 14 atom stereocenters. The van der Waals surface area contributed by atoms with E-state index in [2.05, 4.69) is 94.1 Å². The number of nitrogens with two attached hydrogens (primary N) is 9. The smallest absolute Gasteiger partial charge is 0.248 e. The highest BCUT2D eigenvalue weighted by atomic mass is 16.3. The van der Waals surface area contributed by atoms with Crippen molar-refractivity contribution in [2.75, 3.05) is 32.8 Å². The minimum Gasteiger partial charge on any atom is -0.394 e. The first kappa shape index (κ1) is 109. The van der Waals surface area contributed by atoms with Crippen molar-refractivity contribution in [1.29, 1.82) is 0 Å². The van der Waals surface area contributed by atoms with Crippen LogP contribution in [0.5, 0.6) is 0 Å². The molecule has 1 saturated heterocycles. The zero-order valence-corrected chi connectivity index (χ0v) is 76.3. The van der Waals surface area contributed by atoms with E-state index in [4.69, 9.17) is 51.6 Å². The number of amides is 17. The molecule has 1 aromatic rings. The second-order valence-corrected chi connectivity index (χ2v) is 35.6. The van der Waals surface area contributed by atoms with Gasteiger partial charge in [-0.2, -0.15) is 0 Å². The van der Waals surface area contributed by atoms with Crippen molar-refractivity contribution in [3.05, 3.63) is 18.2 Å². The van der Waals surface area contributed by atoms with E-state index in [9.17, 15) is 77.3 Å². The van der Waals surface area contributed by atoms with Crippen molar-refractivity contribution in [3.8, 4) is 0 Å². The van der Waals surface area contributed by atoms with E-state index < -0.39 is 222 Å². The third kappa shape index (κ3) is 39.7. The van der Waals surface area contributed by atoms with Crippen LogP contribution in [0.15, 0.2) is 27.5 Å². The Kier molecular flexibility index (Phi) is 46.7. The monoisotopic (exact) mass is 1850 g/mol. The van der Waals surface area contributed by atoms with E-state index in [0.717, 1.165) is 84.5 Å². The van der Waals surface area contributed by atoms with Gasteiger partial charge >= 0.3 is 0 Å². The zero-order valence-electron chi connectivity index (χ0n) is 76.3. The lowest BCUT2D eigenvalue weighted by Crippen LogP contribution is -2.65. The van der Waals surface area contributed by atoms with Crippen molar-refractivity contribution < 1.29 is 91.7 Å². The number of rotatable bonds is 56. The minimum atomic E-state index is -2.04. The Hall–Kier alpha value is -12.1. The number of hydrogen-bond donors (Lipinski definition) is 25. The average Bonchev–Trinajstić information content (AvgIpc) is 1.57. The van der Waals surface area contributed by atoms with Gasteiger partial charge < -0.3 is 141 Å². The predicted molar refractivity (Wildman–Crippen MR) is 481 cm³/mol. The number of aromatic amines is 1. The number of hydrogen-bond acceptors (Lipinski definition) is 23. The fourth-order valence-electron chi connectivity index (χ4n) is 16.6. The molecule has 0 spiro atoms. The second kappa shape index (κ2) is 55.8. The molecule has 734 valence electrons. The predicted octanol–water partition coefficient (Wildman–Crippen LogP) is -6.21. The van der Waals surface area contributed by atoms with Gasteiger partial charge in [0.1, 0.15) is 84.1 Å². The van der Waals surface area contributed by atoms with Crippen LogP contribution in [0.4, 0.5) is 0 Å². The van der Waals surface area contributed by atoms with Crippen LogP contribution in [0.2, 0.25) is 0 Å². The molecule has 1 aromatic heterocycles. The second-order valence-electron chi connectivity index (χ2n) is 35.6. The Morgan fingerprint density at radius 3 is 1.27 bits per heavy atom. The number of carbonyl (C=O) groups is 17. The molecular formula is C84H144N28O19. The van der Waals surface area contributed by atoms with Gasteiger partial charge in [-0.15, -0.1) is 0 Å². The summed E-state index contributed by atoms with van der Waals surface area (Å²) >= 11 is 0. The van der Waals surface area contributed by atoms with Gasteiger partial charge in [-0.05, 0) is 128 Å². The molecule has 1 aliphatic heterocycles. The van der Waals surface area contributed by atoms with Crippen LogP contribution in [-0.2, 0) is 87.9 Å². The Balaban J connectivity index is 1.39. The molecule has 5 rings (SSSR count). The molecule has 0 bridgehead atoms. The van der Waals surface area contributed by atoms with Crippen LogP contribution in [-0.4, -0.2) is 266 Å². The molecule has 3 aliphatic carbocycles. The lowest BCUT2D eigenvalue weighted by Gasteiger charge is -2.32. The maximum Gasteiger partial charge on any atom is 0.248 e. The Morgan fingerprint density at radius 2 is 0.855 bits per heavy atom. The number of imidazole rings is 1. The summed E-state index contributed by atoms with van der Waals surface area (Å²) in [5, 5.41) is 55.2. The molecule has 17 amide bonds. The number of aromatic nitrogens is 2. The third-order valence-corrected chi connectivity index (χ3v) is 23.6. The van der Waals surface area contributed by atoms with E-state index in [1.807, 2.05) is 0 Å². The van der Waals surface area contributed by atoms with E-state index >= 15 is 14.4 Å². The van der Waals surface area contributed by atoms with Gasteiger partial charge in [0.25, 0.3) is 0 Å². The SMILES string of the molecule is CC(=O)N[C@@H](CO)C(=O)N1CCC[C@@H]1C(=O)N[C@@H](CCCN=C(N)N)C(=O)N[C@@H](Cc1cnc[nH]1)C(=O)N[C@@H](CC1CCCCC1)C(=O)N[C@@H](CC1CCCCC1)C(=O)N[C@@H](CC(N)=O)C(=O)N[C@@H](CC(C)C)C(=O)NC(C)(C)C(=O)N[C@H](C(=O)N[C@@H](CCCN=C(N)N)C(=O)N[C@@H](CCC(N)=O)C(=O)N[C@@H](CCCN=C(N)N)C(=O)N[C@@H](CC1CCCCC1)C(N)=O)[C@@H](C)O. The Labute approximate surface area is 762 Å². The number of nitrogens with one attached hydrogen (secondary N) is 14. The fourth-order valence-corrected chi connectivity index (χ4v) is 16.6. The molecule has 0 unspecified atom stereocenters. The van der Waals surface area contributed by atoms with Crippen molar-refractivity contribution in [3.63, 3.8) is 0 Å². The first-order valence-corrected chi connectivity index (χ1v) is 45.5. The molecular weight excluding hydrogens is 1710 g/mol. The largest absolute Gasteiger partial charge is 0.394 e. The molecule has 34 N–H and O–H groups in total. The number of nitrogens with zero attached hydrogens (tertiary/aromatic N) is 5. The lowest BCUT2D eigenvalue weighted by atomic mass is 9.83. The normalized spacial score (nSPS) is 17.9.